The summed E-state index contributed by atoms with van der Waals surface area (Å²) in [4.78, 5) is 36.7. The number of amides is 3. The standard InChI is InChI=1S/C21H22N6O4/c1-13-4-7-16(8-5-13)20-24-26-27(25-20)11-19(29)31-12-18(28)23-21(30)22-17-9-6-14(2)15(3)10-17/h4-10H,11-12H2,1-3H3,(H2,22,23,28,30). The molecule has 0 spiro atoms. The molecule has 160 valence electrons. The SMILES string of the molecule is Cc1ccc(-c2nnn(CC(=O)OCC(=O)NC(=O)Nc3ccc(C)c(C)c3)n2)cc1. The van der Waals surface area contributed by atoms with Crippen LogP contribution in [0, 0.1) is 20.8 Å². The molecule has 10 nitrogen and oxygen atoms in total. The fourth-order valence-electron chi connectivity index (χ4n) is 2.58. The van der Waals surface area contributed by atoms with Crippen molar-refractivity contribution >= 4 is 23.6 Å². The number of esters is 1. The van der Waals surface area contributed by atoms with E-state index in [1.54, 1.807) is 12.1 Å². The molecular formula is C21H22N6O4. The molecule has 0 bridgehead atoms. The van der Waals surface area contributed by atoms with Crippen LogP contribution in [0.3, 0.4) is 0 Å². The number of benzene rings is 2. The van der Waals surface area contributed by atoms with Crippen molar-refractivity contribution in [2.75, 3.05) is 11.9 Å². The summed E-state index contributed by atoms with van der Waals surface area (Å²) in [5, 5.41) is 16.5. The number of urea groups is 1. The highest BCUT2D eigenvalue weighted by molar-refractivity contribution is 6.01. The van der Waals surface area contributed by atoms with E-state index in [-0.39, 0.29) is 6.54 Å². The number of hydrogen-bond donors (Lipinski definition) is 2. The van der Waals surface area contributed by atoms with Gasteiger partial charge in [-0.3, -0.25) is 10.1 Å². The number of carbonyl (C=O) groups excluding carboxylic acids is 3. The fourth-order valence-corrected chi connectivity index (χ4v) is 2.58. The zero-order chi connectivity index (χ0) is 22.4. The van der Waals surface area contributed by atoms with E-state index < -0.39 is 24.5 Å². The molecule has 1 aromatic heterocycles. The van der Waals surface area contributed by atoms with Gasteiger partial charge in [-0.1, -0.05) is 35.9 Å². The molecule has 3 rings (SSSR count). The number of nitrogens with one attached hydrogen (secondary N) is 2. The predicted molar refractivity (Wildman–Crippen MR) is 112 cm³/mol. The van der Waals surface area contributed by atoms with E-state index in [0.29, 0.717) is 11.5 Å². The molecule has 0 fully saturated rings. The monoisotopic (exact) mass is 422 g/mol. The van der Waals surface area contributed by atoms with Gasteiger partial charge in [-0.05, 0) is 49.2 Å². The van der Waals surface area contributed by atoms with Crippen LogP contribution in [0.4, 0.5) is 10.5 Å². The van der Waals surface area contributed by atoms with Crippen LogP contribution < -0.4 is 10.6 Å². The third-order valence-corrected chi connectivity index (χ3v) is 4.42. The summed E-state index contributed by atoms with van der Waals surface area (Å²) in [6.45, 7) is 4.90. The highest BCUT2D eigenvalue weighted by Gasteiger charge is 2.14. The Morgan fingerprint density at radius 3 is 2.45 bits per heavy atom. The lowest BCUT2D eigenvalue weighted by Gasteiger charge is -2.09. The summed E-state index contributed by atoms with van der Waals surface area (Å²) in [5.41, 5.74) is 4.50. The molecule has 1 heterocycles. The third-order valence-electron chi connectivity index (χ3n) is 4.42. The topological polar surface area (TPSA) is 128 Å². The highest BCUT2D eigenvalue weighted by atomic mass is 16.5. The first-order valence-corrected chi connectivity index (χ1v) is 9.49. The maximum atomic E-state index is 11.9. The van der Waals surface area contributed by atoms with Crippen molar-refractivity contribution in [3.8, 4) is 11.4 Å². The van der Waals surface area contributed by atoms with E-state index in [0.717, 1.165) is 27.1 Å². The molecule has 31 heavy (non-hydrogen) atoms. The number of carbonyl (C=O) groups is 3. The lowest BCUT2D eigenvalue weighted by Crippen LogP contribution is -2.37. The Kier molecular flexibility index (Phi) is 6.71. The molecule has 0 saturated heterocycles. The minimum atomic E-state index is -0.762. The smallest absolute Gasteiger partial charge is 0.330 e. The molecule has 2 N–H and O–H groups in total. The summed E-state index contributed by atoms with van der Waals surface area (Å²) < 4.78 is 4.86. The van der Waals surface area contributed by atoms with Crippen molar-refractivity contribution in [3.63, 3.8) is 0 Å². The second-order valence-electron chi connectivity index (χ2n) is 6.97. The first kappa shape index (κ1) is 21.6. The average molecular weight is 422 g/mol. The Balaban J connectivity index is 1.44. The van der Waals surface area contributed by atoms with Crippen molar-refractivity contribution in [2.24, 2.45) is 0 Å². The number of aryl methyl sites for hydroxylation is 3. The molecule has 0 radical (unpaired) electrons. The number of nitrogens with zero attached hydrogens (tertiary/aromatic N) is 4. The van der Waals surface area contributed by atoms with Gasteiger partial charge in [-0.15, -0.1) is 10.2 Å². The minimum absolute atomic E-state index is 0.318. The van der Waals surface area contributed by atoms with E-state index >= 15 is 0 Å². The predicted octanol–water partition coefficient (Wildman–Crippen LogP) is 2.16. The number of imide groups is 1. The van der Waals surface area contributed by atoms with Crippen LogP contribution in [0.15, 0.2) is 42.5 Å². The minimum Gasteiger partial charge on any atom is -0.454 e. The maximum Gasteiger partial charge on any atom is 0.330 e. The zero-order valence-electron chi connectivity index (χ0n) is 17.4. The number of tetrazole rings is 1. The Morgan fingerprint density at radius 2 is 1.74 bits per heavy atom. The summed E-state index contributed by atoms with van der Waals surface area (Å²) in [7, 11) is 0. The number of hydrogen-bond acceptors (Lipinski definition) is 7. The number of aromatic nitrogens is 4. The van der Waals surface area contributed by atoms with Gasteiger partial charge < -0.3 is 10.1 Å². The Morgan fingerprint density at radius 1 is 1.00 bits per heavy atom. The molecule has 10 heteroatoms. The summed E-state index contributed by atoms with van der Waals surface area (Å²) in [6, 6.07) is 12.2. The molecule has 3 amide bonds. The van der Waals surface area contributed by atoms with Gasteiger partial charge in [0.15, 0.2) is 13.2 Å². The van der Waals surface area contributed by atoms with Crippen molar-refractivity contribution in [1.29, 1.82) is 0 Å². The second kappa shape index (κ2) is 9.61. The Bertz CT molecular complexity index is 1110. The quantitative estimate of drug-likeness (QED) is 0.583. The van der Waals surface area contributed by atoms with Crippen LogP contribution in [-0.4, -0.2) is 44.7 Å². The van der Waals surface area contributed by atoms with Crippen LogP contribution in [0.2, 0.25) is 0 Å². The van der Waals surface area contributed by atoms with Crippen LogP contribution in [0.25, 0.3) is 11.4 Å². The molecule has 0 aliphatic heterocycles. The third kappa shape index (κ3) is 6.20. The zero-order valence-corrected chi connectivity index (χ0v) is 17.4. The molecular weight excluding hydrogens is 400 g/mol. The van der Waals surface area contributed by atoms with Gasteiger partial charge in [0.1, 0.15) is 0 Å². The molecule has 0 aliphatic rings. The van der Waals surface area contributed by atoms with E-state index in [2.05, 4.69) is 26.0 Å². The molecule has 3 aromatic rings. The first-order chi connectivity index (χ1) is 14.8. The van der Waals surface area contributed by atoms with E-state index in [1.807, 2.05) is 51.1 Å². The molecule has 0 aliphatic carbocycles. The van der Waals surface area contributed by atoms with E-state index in [9.17, 15) is 14.4 Å². The number of ether oxygens (including phenoxy) is 1. The average Bonchev–Trinajstić information content (AvgIpc) is 3.18. The van der Waals surface area contributed by atoms with Gasteiger partial charge in [0.05, 0.1) is 0 Å². The fraction of sp³-hybridized carbons (Fsp3) is 0.238. The van der Waals surface area contributed by atoms with E-state index in [4.69, 9.17) is 4.74 Å². The van der Waals surface area contributed by atoms with Gasteiger partial charge in [0, 0.05) is 11.3 Å². The van der Waals surface area contributed by atoms with Crippen molar-refractivity contribution in [3.05, 3.63) is 59.2 Å². The number of rotatable bonds is 6. The van der Waals surface area contributed by atoms with Gasteiger partial charge in [-0.25, -0.2) is 9.59 Å². The Hall–Kier alpha value is -4.08. The van der Waals surface area contributed by atoms with Gasteiger partial charge in [0.25, 0.3) is 5.91 Å². The Labute approximate surface area is 178 Å². The van der Waals surface area contributed by atoms with Crippen LogP contribution >= 0.6 is 0 Å². The van der Waals surface area contributed by atoms with Crippen LogP contribution in [0.5, 0.6) is 0 Å². The molecule has 0 unspecified atom stereocenters. The van der Waals surface area contributed by atoms with Crippen molar-refractivity contribution in [2.45, 2.75) is 27.3 Å². The van der Waals surface area contributed by atoms with Crippen molar-refractivity contribution in [1.82, 2.24) is 25.5 Å². The van der Waals surface area contributed by atoms with Gasteiger partial charge in [0.2, 0.25) is 5.82 Å². The van der Waals surface area contributed by atoms with Crippen LogP contribution in [-0.2, 0) is 20.9 Å². The van der Waals surface area contributed by atoms with Crippen molar-refractivity contribution < 1.29 is 19.1 Å². The first-order valence-electron chi connectivity index (χ1n) is 9.49. The van der Waals surface area contributed by atoms with Gasteiger partial charge >= 0.3 is 12.0 Å². The lowest BCUT2D eigenvalue weighted by molar-refractivity contribution is -0.149. The second-order valence-corrected chi connectivity index (χ2v) is 6.97. The summed E-state index contributed by atoms with van der Waals surface area (Å²) in [6.07, 6.45) is 0. The lowest BCUT2D eigenvalue weighted by atomic mass is 10.1. The van der Waals surface area contributed by atoms with Crippen LogP contribution in [0.1, 0.15) is 16.7 Å². The largest absolute Gasteiger partial charge is 0.454 e. The summed E-state index contributed by atoms with van der Waals surface area (Å²) >= 11 is 0. The summed E-state index contributed by atoms with van der Waals surface area (Å²) in [5.74, 6) is -1.13. The maximum absolute atomic E-state index is 11.9. The number of anilines is 1. The van der Waals surface area contributed by atoms with E-state index in [1.165, 1.54) is 0 Å². The normalized spacial score (nSPS) is 10.4. The van der Waals surface area contributed by atoms with Gasteiger partial charge in [-0.2, -0.15) is 4.80 Å². The molecule has 0 saturated carbocycles. The molecule has 2 aromatic carbocycles. The molecule has 0 atom stereocenters. The highest BCUT2D eigenvalue weighted by Crippen LogP contribution is 2.14.